The van der Waals surface area contributed by atoms with Crippen LogP contribution in [0.25, 0.3) is 0 Å². The van der Waals surface area contributed by atoms with E-state index in [9.17, 15) is 91.0 Å². The van der Waals surface area contributed by atoms with Crippen molar-refractivity contribution in [1.29, 1.82) is 0 Å². The number of fused-ring (bicyclic) bond motifs is 1. The number of morpholine rings is 1. The van der Waals surface area contributed by atoms with Crippen LogP contribution >= 0.6 is 0 Å². The Kier molecular flexibility index (Phi) is 10.5. The Morgan fingerprint density at radius 1 is 1.04 bits per heavy atom. The Morgan fingerprint density at radius 2 is 1.60 bits per heavy atom. The Bertz CT molecular complexity index is 1920. The first-order valence-electron chi connectivity index (χ1n) is 15.3. The van der Waals surface area contributed by atoms with Crippen LogP contribution < -0.4 is 16.1 Å². The van der Waals surface area contributed by atoms with Crippen LogP contribution in [0.1, 0.15) is 24.0 Å². The number of carbonyl (C=O) groups excluding carboxylic acids is 3. The molecule has 17 N–H and O–H groups in total. The number of carbonyl (C=O) groups is 3. The number of likely N-dealkylation sites (tertiary alicyclic amines) is 1. The van der Waals surface area contributed by atoms with E-state index < -0.39 is 134 Å². The molecule has 0 saturated carbocycles. The fourth-order valence-corrected chi connectivity index (χ4v) is 6.19. The highest BCUT2D eigenvalue weighted by Gasteiger charge is 2.85. The first-order valence-corrected chi connectivity index (χ1v) is 15.3. The molecule has 1 aromatic carbocycles. The molecular weight excluding hydrogens is 756 g/mol. The second-order valence-electron chi connectivity index (χ2n) is 12.7. The summed E-state index contributed by atoms with van der Waals surface area (Å²) in [4.78, 5) is 44.9. The van der Waals surface area contributed by atoms with E-state index in [-0.39, 0.29) is 10.4 Å². The van der Waals surface area contributed by atoms with E-state index in [4.69, 9.17) is 0 Å². The van der Waals surface area contributed by atoms with E-state index in [0.29, 0.717) is 14.1 Å². The Hall–Kier alpha value is -4.43. The number of nitrogens with one attached hydrogen (secondary N) is 2. The minimum absolute atomic E-state index is 0.0270. The average molecular weight is 790 g/mol. The summed E-state index contributed by atoms with van der Waals surface area (Å²) in [5, 5.41) is 165. The van der Waals surface area contributed by atoms with Crippen molar-refractivity contribution in [3.05, 3.63) is 51.8 Å². The summed E-state index contributed by atoms with van der Waals surface area (Å²) in [6.45, 7) is 3.41. The lowest BCUT2D eigenvalue weighted by atomic mass is 9.74. The minimum Gasteiger partial charge on any atom is -0.508 e. The van der Waals surface area contributed by atoms with Crippen LogP contribution in [0.2, 0.25) is 0 Å². The van der Waals surface area contributed by atoms with Gasteiger partial charge >= 0.3 is 29.7 Å². The molecule has 3 fully saturated rings. The zero-order valence-electron chi connectivity index (χ0n) is 28.7. The number of benzene rings is 1. The molecule has 3 aliphatic heterocycles. The lowest BCUT2D eigenvalue weighted by molar-refractivity contribution is -0.660. The van der Waals surface area contributed by atoms with Gasteiger partial charge in [-0.05, 0) is 11.9 Å². The lowest BCUT2D eigenvalue weighted by Gasteiger charge is -2.54. The number of aliphatic hydroxyl groups excluding tert-OH is 2. The maximum Gasteiger partial charge on any atom is 0.359 e. The number of hydrogen-bond acceptors (Lipinski definition) is 23. The van der Waals surface area contributed by atoms with Crippen LogP contribution in [0.4, 0.5) is 4.39 Å². The van der Waals surface area contributed by atoms with Gasteiger partial charge in [-0.15, -0.1) is 11.5 Å². The van der Waals surface area contributed by atoms with Crippen molar-refractivity contribution in [3.8, 4) is 11.5 Å². The summed E-state index contributed by atoms with van der Waals surface area (Å²) in [7, 11) is 3.45. The molecule has 1 aromatic rings. The van der Waals surface area contributed by atoms with Crippen LogP contribution in [0.15, 0.2) is 34.8 Å². The quantitative estimate of drug-likeness (QED) is 0.0199. The number of aromatic hydroxyl groups is 2. The van der Waals surface area contributed by atoms with Gasteiger partial charge in [-0.25, -0.2) is 4.39 Å². The van der Waals surface area contributed by atoms with Gasteiger partial charge in [0.2, 0.25) is 5.91 Å². The van der Waals surface area contributed by atoms with Crippen molar-refractivity contribution < 1.29 is 110 Å². The van der Waals surface area contributed by atoms with Gasteiger partial charge in [-0.1, -0.05) is 5.47 Å². The van der Waals surface area contributed by atoms with Gasteiger partial charge in [0.25, 0.3) is 11.8 Å². The normalized spacial score (nSPS) is 28.8. The van der Waals surface area contributed by atoms with Crippen LogP contribution in [-0.2, 0) is 40.4 Å². The monoisotopic (exact) mass is 790 g/mol. The molecule has 3 saturated heterocycles. The molecule has 55 heavy (non-hydrogen) atoms. The molecule has 25 nitrogen and oxygen atoms in total. The van der Waals surface area contributed by atoms with Gasteiger partial charge in [0, 0.05) is 19.0 Å². The molecule has 29 heteroatoms. The summed E-state index contributed by atoms with van der Waals surface area (Å²) in [5.74, 6) is -38.0. The molecule has 0 bridgehead atoms. The highest BCUT2D eigenvalue weighted by atomic mass is 19.1. The highest BCUT2D eigenvalue weighted by Crippen LogP contribution is 2.56. The van der Waals surface area contributed by atoms with Crippen LogP contribution in [0, 0.1) is 5.82 Å². The number of ether oxygens (including phenoxy) is 1. The summed E-state index contributed by atoms with van der Waals surface area (Å²) >= 11 is 0. The number of allylic oxidation sites excluding steroid dienone is 1. The van der Waals surface area contributed by atoms with E-state index >= 15 is 4.39 Å². The largest absolute Gasteiger partial charge is 0.508 e. The molecule has 4 unspecified atom stereocenters. The van der Waals surface area contributed by atoms with Crippen molar-refractivity contribution in [3.63, 3.8) is 0 Å². The van der Waals surface area contributed by atoms with Crippen molar-refractivity contribution in [2.24, 2.45) is 0 Å². The van der Waals surface area contributed by atoms with Crippen molar-refractivity contribution >= 4 is 47.1 Å². The molecule has 0 aromatic heterocycles. The number of phenols is 2. The molecule has 3 heterocycles. The fraction of sp³-hybridized carbons (Fsp3) is 0.423. The summed E-state index contributed by atoms with van der Waals surface area (Å²) in [6, 6.07) is -1.90. The second-order valence-corrected chi connectivity index (χ2v) is 12.7. The lowest BCUT2D eigenvalue weighted by Crippen LogP contribution is -2.85. The molecule has 0 radical (unpaired) electrons. The molecular formula is C26H34B3FN4O21. The third-order valence-corrected chi connectivity index (χ3v) is 8.79. The van der Waals surface area contributed by atoms with Gasteiger partial charge in [0.05, 0.1) is 5.57 Å². The predicted molar refractivity (Wildman–Crippen MR) is 173 cm³/mol. The molecule has 3 aliphatic rings. The van der Waals surface area contributed by atoms with Crippen LogP contribution in [0.5, 0.6) is 11.5 Å². The molecule has 0 spiro atoms. The minimum atomic E-state index is -4.77. The zero-order chi connectivity index (χ0) is 42.4. The number of likely N-dealkylation sites (N-methyl/N-ethyl adjacent to an activating group) is 1. The predicted octanol–water partition coefficient (Wildman–Crippen LogP) is -10.9. The topological polar surface area (TPSA) is 413 Å². The number of rotatable bonds is 10. The maximum atomic E-state index is 16.7. The van der Waals surface area contributed by atoms with E-state index in [1.165, 1.54) is 0 Å². The zero-order valence-corrected chi connectivity index (χ0v) is 28.7. The third-order valence-electron chi connectivity index (χ3n) is 8.79. The number of halogens is 1. The van der Waals surface area contributed by atoms with Gasteiger partial charge < -0.3 is 92.0 Å². The van der Waals surface area contributed by atoms with Crippen molar-refractivity contribution in [1.82, 2.24) is 20.4 Å². The van der Waals surface area contributed by atoms with E-state index in [1.54, 1.807) is 5.32 Å². The van der Waals surface area contributed by atoms with E-state index in [1.807, 2.05) is 0 Å². The number of phenolic OH excluding ortho intramolecular Hbond substituents is 2. The number of hydrogen-bond donors (Lipinski definition) is 17. The second kappa shape index (κ2) is 13.4. The molecule has 300 valence electrons. The van der Waals surface area contributed by atoms with Gasteiger partial charge in [0.15, 0.2) is 25.2 Å². The average Bonchev–Trinajstić information content (AvgIpc) is 3.45. The van der Waals surface area contributed by atoms with Gasteiger partial charge in [-0.3, -0.25) is 19.2 Å². The maximum absolute atomic E-state index is 16.7. The van der Waals surface area contributed by atoms with Gasteiger partial charge in [-0.2, -0.15) is 9.78 Å². The number of aldehydes is 1. The number of aliphatic hydroxyl groups is 13. The SMILES string of the molecule is BC(=C)/C(O)=C1/C(=O)N(C(CCC=O)C(=O)NC)C(O)(O)/C1=C(/O)NC(B)(O)c1c(B)c(O)c(O)c(C2(O)OOC3(O)N2C(O)(O)C(O)(O)OC3(O)O)c1F. The summed E-state index contributed by atoms with van der Waals surface area (Å²) in [5.41, 5.74) is -10.8. The molecule has 2 amide bonds. The third kappa shape index (κ3) is 6.10. The first-order chi connectivity index (χ1) is 24.9. The highest BCUT2D eigenvalue weighted by molar-refractivity contribution is 6.37. The van der Waals surface area contributed by atoms with E-state index in [0.717, 1.165) is 22.7 Å². The Morgan fingerprint density at radius 3 is 2.11 bits per heavy atom. The Labute approximate surface area is 308 Å². The summed E-state index contributed by atoms with van der Waals surface area (Å²) in [6.07, 6.45) is -0.693. The first kappa shape index (κ1) is 43.3. The summed E-state index contributed by atoms with van der Waals surface area (Å²) < 4.78 is 20.6. The van der Waals surface area contributed by atoms with Gasteiger partial charge in [0.1, 0.15) is 56.4 Å². The number of nitrogens with zero attached hydrogens (tertiary/aromatic N) is 2. The smallest absolute Gasteiger partial charge is 0.359 e. The van der Waals surface area contributed by atoms with Crippen molar-refractivity contribution in [2.45, 2.75) is 60.1 Å². The van der Waals surface area contributed by atoms with Crippen LogP contribution in [-0.4, -0.2) is 171 Å². The molecule has 4 atom stereocenters. The number of amides is 2. The Balaban J connectivity index is 1.99. The van der Waals surface area contributed by atoms with Crippen LogP contribution in [0.3, 0.4) is 0 Å². The molecule has 4 rings (SSSR count). The molecule has 0 aliphatic carbocycles. The fourth-order valence-electron chi connectivity index (χ4n) is 6.19. The van der Waals surface area contributed by atoms with Crippen molar-refractivity contribution in [2.75, 3.05) is 7.05 Å². The van der Waals surface area contributed by atoms with E-state index in [2.05, 4.69) is 26.4 Å². The standard InChI is InChI=1S/C26H34B3FN4O21/c1-6(27)14(36)8-9(21(43,44)33(19(8)41)7(4-3-5-35)17(39)31-2)18(40)32-20(29,42)10-12(28)16(38)15(37)11(13(10)30)22(45)34-23(46,47)25(49,50)53-26(51,52)24(34,48)55-54-22/h5,7,32,36-38,40,42-52H,1,3-4,27-29H2,2H3,(H,31,39)/b14-8-,18-9+.